The zero-order chi connectivity index (χ0) is 15.9. The molecule has 1 spiro atoms. The van der Waals surface area contributed by atoms with Crippen molar-refractivity contribution in [2.45, 2.75) is 37.8 Å². The molecule has 2 aliphatic heterocycles. The highest BCUT2D eigenvalue weighted by Crippen LogP contribution is 2.35. The van der Waals surface area contributed by atoms with Crippen molar-refractivity contribution in [3.05, 3.63) is 35.8 Å². The molecule has 1 amide bonds. The Morgan fingerprint density at radius 3 is 3.04 bits per heavy atom. The minimum Gasteiger partial charge on any atom is -0.381 e. The third kappa shape index (κ3) is 2.62. The molecule has 4 heterocycles. The second-order valence-corrected chi connectivity index (χ2v) is 6.44. The van der Waals surface area contributed by atoms with Gasteiger partial charge in [0.05, 0.1) is 11.6 Å². The highest BCUT2D eigenvalue weighted by Gasteiger charge is 2.46. The summed E-state index contributed by atoms with van der Waals surface area (Å²) < 4.78 is 13.3. The molecule has 2 aliphatic rings. The maximum atomic E-state index is 12.6. The van der Waals surface area contributed by atoms with Crippen molar-refractivity contribution in [3.8, 4) is 0 Å². The SMILES string of the molecule is Cc1ccn2cc(C(=O)NC3CCOC34CCOCC4)nc2c1. The van der Waals surface area contributed by atoms with Gasteiger partial charge in [0.2, 0.25) is 0 Å². The molecule has 2 saturated heterocycles. The molecule has 4 rings (SSSR count). The number of fused-ring (bicyclic) bond motifs is 1. The second-order valence-electron chi connectivity index (χ2n) is 6.44. The molecular formula is C17H21N3O3. The van der Waals surface area contributed by atoms with Crippen LogP contribution in [0.3, 0.4) is 0 Å². The first kappa shape index (κ1) is 14.7. The van der Waals surface area contributed by atoms with Gasteiger partial charge >= 0.3 is 0 Å². The highest BCUT2D eigenvalue weighted by atomic mass is 16.5. The third-order valence-corrected chi connectivity index (χ3v) is 4.92. The van der Waals surface area contributed by atoms with Crippen LogP contribution in [0, 0.1) is 6.92 Å². The first-order valence-corrected chi connectivity index (χ1v) is 8.14. The molecule has 6 nitrogen and oxygen atoms in total. The van der Waals surface area contributed by atoms with E-state index in [2.05, 4.69) is 10.3 Å². The normalized spacial score (nSPS) is 23.4. The van der Waals surface area contributed by atoms with E-state index >= 15 is 0 Å². The fraction of sp³-hybridized carbons (Fsp3) is 0.529. The van der Waals surface area contributed by atoms with E-state index in [1.807, 2.05) is 29.7 Å². The van der Waals surface area contributed by atoms with E-state index in [-0.39, 0.29) is 17.6 Å². The Balaban J connectivity index is 1.54. The lowest BCUT2D eigenvalue weighted by Gasteiger charge is -2.37. The number of nitrogens with zero attached hydrogens (tertiary/aromatic N) is 2. The molecule has 0 radical (unpaired) electrons. The number of amides is 1. The van der Waals surface area contributed by atoms with Gasteiger partial charge in [-0.3, -0.25) is 4.79 Å². The summed E-state index contributed by atoms with van der Waals surface area (Å²) in [6, 6.07) is 4.00. The van der Waals surface area contributed by atoms with E-state index in [1.54, 1.807) is 6.20 Å². The average Bonchev–Trinajstić information content (AvgIpc) is 3.13. The molecule has 2 fully saturated rings. The Labute approximate surface area is 134 Å². The van der Waals surface area contributed by atoms with Gasteiger partial charge in [0.1, 0.15) is 11.3 Å². The van der Waals surface area contributed by atoms with Crippen LogP contribution in [-0.4, -0.2) is 46.8 Å². The lowest BCUT2D eigenvalue weighted by molar-refractivity contribution is -0.0872. The van der Waals surface area contributed by atoms with Crippen LogP contribution in [0.4, 0.5) is 0 Å². The van der Waals surface area contributed by atoms with Crippen LogP contribution >= 0.6 is 0 Å². The van der Waals surface area contributed by atoms with Crippen molar-refractivity contribution < 1.29 is 14.3 Å². The Kier molecular flexibility index (Phi) is 3.58. The lowest BCUT2D eigenvalue weighted by atomic mass is 9.86. The maximum absolute atomic E-state index is 12.6. The molecule has 1 unspecified atom stereocenters. The minimum absolute atomic E-state index is 0.0328. The van der Waals surface area contributed by atoms with Gasteiger partial charge in [-0.25, -0.2) is 4.98 Å². The van der Waals surface area contributed by atoms with Crippen molar-refractivity contribution in [1.29, 1.82) is 0 Å². The summed E-state index contributed by atoms with van der Waals surface area (Å²) in [5, 5.41) is 3.14. The van der Waals surface area contributed by atoms with E-state index in [4.69, 9.17) is 9.47 Å². The number of ether oxygens (including phenoxy) is 2. The van der Waals surface area contributed by atoms with Gasteiger partial charge in [-0.05, 0) is 31.0 Å². The number of rotatable bonds is 2. The highest BCUT2D eigenvalue weighted by molar-refractivity contribution is 5.93. The monoisotopic (exact) mass is 315 g/mol. The van der Waals surface area contributed by atoms with Gasteiger partial charge in [-0.15, -0.1) is 0 Å². The van der Waals surface area contributed by atoms with Crippen molar-refractivity contribution in [1.82, 2.24) is 14.7 Å². The van der Waals surface area contributed by atoms with Crippen LogP contribution in [0.5, 0.6) is 0 Å². The minimum atomic E-state index is -0.260. The summed E-state index contributed by atoms with van der Waals surface area (Å²) >= 11 is 0. The van der Waals surface area contributed by atoms with Crippen molar-refractivity contribution in [3.63, 3.8) is 0 Å². The molecule has 2 aromatic heterocycles. The number of hydrogen-bond donors (Lipinski definition) is 1. The summed E-state index contributed by atoms with van der Waals surface area (Å²) in [5.74, 6) is -0.132. The summed E-state index contributed by atoms with van der Waals surface area (Å²) in [7, 11) is 0. The zero-order valence-corrected chi connectivity index (χ0v) is 13.2. The molecule has 0 bridgehead atoms. The topological polar surface area (TPSA) is 64.9 Å². The quantitative estimate of drug-likeness (QED) is 0.916. The van der Waals surface area contributed by atoms with Crippen LogP contribution in [0.25, 0.3) is 5.65 Å². The fourth-order valence-electron chi connectivity index (χ4n) is 3.58. The summed E-state index contributed by atoms with van der Waals surface area (Å²) in [4.78, 5) is 17.0. The molecule has 122 valence electrons. The summed E-state index contributed by atoms with van der Waals surface area (Å²) in [6.45, 7) is 4.09. The fourth-order valence-corrected chi connectivity index (χ4v) is 3.58. The van der Waals surface area contributed by atoms with Gasteiger partial charge < -0.3 is 19.2 Å². The number of aryl methyl sites for hydroxylation is 1. The van der Waals surface area contributed by atoms with E-state index in [0.717, 1.165) is 30.5 Å². The summed E-state index contributed by atoms with van der Waals surface area (Å²) in [6.07, 6.45) is 6.21. The van der Waals surface area contributed by atoms with Gasteiger partial charge in [-0.1, -0.05) is 0 Å². The molecule has 1 N–H and O–H groups in total. The number of nitrogens with one attached hydrogen (secondary N) is 1. The van der Waals surface area contributed by atoms with E-state index in [1.165, 1.54) is 0 Å². The van der Waals surface area contributed by atoms with Crippen molar-refractivity contribution in [2.75, 3.05) is 19.8 Å². The molecule has 6 heteroatoms. The number of pyridine rings is 1. The Morgan fingerprint density at radius 2 is 2.22 bits per heavy atom. The number of imidazole rings is 1. The maximum Gasteiger partial charge on any atom is 0.271 e. The number of aromatic nitrogens is 2. The van der Waals surface area contributed by atoms with E-state index in [0.29, 0.717) is 25.5 Å². The zero-order valence-electron chi connectivity index (χ0n) is 13.2. The molecule has 0 aliphatic carbocycles. The molecule has 1 atom stereocenters. The molecular weight excluding hydrogens is 294 g/mol. The van der Waals surface area contributed by atoms with E-state index in [9.17, 15) is 4.79 Å². The largest absolute Gasteiger partial charge is 0.381 e. The predicted molar refractivity (Wildman–Crippen MR) is 84.5 cm³/mol. The Morgan fingerprint density at radius 1 is 1.39 bits per heavy atom. The average molecular weight is 315 g/mol. The Bertz CT molecular complexity index is 734. The summed E-state index contributed by atoms with van der Waals surface area (Å²) in [5.41, 5.74) is 2.10. The van der Waals surface area contributed by atoms with Gasteiger partial charge in [0, 0.05) is 45.1 Å². The second kappa shape index (κ2) is 5.62. The number of carbonyl (C=O) groups is 1. The smallest absolute Gasteiger partial charge is 0.271 e. The van der Waals surface area contributed by atoms with Crippen LogP contribution in [0.2, 0.25) is 0 Å². The first-order chi connectivity index (χ1) is 11.2. The standard InChI is InChI=1S/C17H21N3O3/c1-12-2-6-20-11-13(18-15(20)10-12)16(21)19-14-3-7-23-17(14)4-8-22-9-5-17/h2,6,10-11,14H,3-5,7-9H2,1H3,(H,19,21). The van der Waals surface area contributed by atoms with Gasteiger partial charge in [0.25, 0.3) is 5.91 Å². The van der Waals surface area contributed by atoms with Gasteiger partial charge in [-0.2, -0.15) is 0 Å². The van der Waals surface area contributed by atoms with E-state index < -0.39 is 0 Å². The van der Waals surface area contributed by atoms with Crippen LogP contribution < -0.4 is 5.32 Å². The molecule has 23 heavy (non-hydrogen) atoms. The van der Waals surface area contributed by atoms with Crippen molar-refractivity contribution in [2.24, 2.45) is 0 Å². The Hall–Kier alpha value is -1.92. The number of hydrogen-bond acceptors (Lipinski definition) is 4. The van der Waals surface area contributed by atoms with Crippen LogP contribution in [-0.2, 0) is 9.47 Å². The van der Waals surface area contributed by atoms with Gasteiger partial charge in [0.15, 0.2) is 0 Å². The predicted octanol–water partition coefficient (Wildman–Crippen LogP) is 1.71. The van der Waals surface area contributed by atoms with Crippen LogP contribution in [0.15, 0.2) is 24.5 Å². The molecule has 2 aromatic rings. The van der Waals surface area contributed by atoms with Crippen LogP contribution in [0.1, 0.15) is 35.3 Å². The number of carbonyl (C=O) groups excluding carboxylic acids is 1. The molecule has 0 saturated carbocycles. The third-order valence-electron chi connectivity index (χ3n) is 4.92. The van der Waals surface area contributed by atoms with Crippen molar-refractivity contribution >= 4 is 11.6 Å². The molecule has 0 aromatic carbocycles. The first-order valence-electron chi connectivity index (χ1n) is 8.14. The lowest BCUT2D eigenvalue weighted by Crippen LogP contribution is -2.52.